The van der Waals surface area contributed by atoms with Crippen molar-refractivity contribution >= 4 is 22.9 Å². The Labute approximate surface area is 115 Å². The minimum Gasteiger partial charge on any atom is -0.497 e. The van der Waals surface area contributed by atoms with Crippen molar-refractivity contribution in [3.8, 4) is 22.1 Å². The van der Waals surface area contributed by atoms with Crippen LogP contribution >= 0.6 is 22.9 Å². The SMILES string of the molecule is COc1ccc(OC)c(-c2nc(C)c(CCl)s2)c1. The van der Waals surface area contributed by atoms with Crippen molar-refractivity contribution in [2.75, 3.05) is 14.2 Å². The number of halogens is 1. The van der Waals surface area contributed by atoms with E-state index in [0.717, 1.165) is 32.6 Å². The third-order valence-corrected chi connectivity index (χ3v) is 4.27. The molecule has 0 spiro atoms. The highest BCUT2D eigenvalue weighted by Gasteiger charge is 2.13. The van der Waals surface area contributed by atoms with Crippen LogP contribution in [0.3, 0.4) is 0 Å². The van der Waals surface area contributed by atoms with E-state index in [4.69, 9.17) is 21.1 Å². The van der Waals surface area contributed by atoms with Crippen molar-refractivity contribution in [3.63, 3.8) is 0 Å². The van der Waals surface area contributed by atoms with Crippen LogP contribution in [-0.2, 0) is 5.88 Å². The molecule has 1 heterocycles. The minimum atomic E-state index is 0.482. The lowest BCUT2D eigenvalue weighted by molar-refractivity contribution is 0.404. The Kier molecular flexibility index (Phi) is 4.09. The zero-order valence-electron chi connectivity index (χ0n) is 10.5. The maximum absolute atomic E-state index is 5.88. The summed E-state index contributed by atoms with van der Waals surface area (Å²) in [6, 6.07) is 5.67. The Morgan fingerprint density at radius 2 is 2.06 bits per heavy atom. The van der Waals surface area contributed by atoms with Crippen LogP contribution in [0, 0.1) is 6.92 Å². The van der Waals surface area contributed by atoms with E-state index in [1.165, 1.54) is 0 Å². The van der Waals surface area contributed by atoms with Gasteiger partial charge in [-0.1, -0.05) is 0 Å². The molecular formula is C13H14ClNO2S. The average molecular weight is 284 g/mol. The van der Waals surface area contributed by atoms with E-state index < -0.39 is 0 Å². The number of methoxy groups -OCH3 is 2. The smallest absolute Gasteiger partial charge is 0.129 e. The Morgan fingerprint density at radius 3 is 2.61 bits per heavy atom. The quantitative estimate of drug-likeness (QED) is 0.798. The van der Waals surface area contributed by atoms with Crippen molar-refractivity contribution < 1.29 is 9.47 Å². The van der Waals surface area contributed by atoms with Crippen molar-refractivity contribution in [3.05, 3.63) is 28.8 Å². The number of hydrogen-bond donors (Lipinski definition) is 0. The topological polar surface area (TPSA) is 31.4 Å². The molecule has 2 rings (SSSR count). The van der Waals surface area contributed by atoms with Gasteiger partial charge in [0.05, 0.1) is 31.4 Å². The van der Waals surface area contributed by atoms with Crippen molar-refractivity contribution in [2.24, 2.45) is 0 Å². The molecule has 0 saturated heterocycles. The van der Waals surface area contributed by atoms with Crippen LogP contribution in [-0.4, -0.2) is 19.2 Å². The number of aryl methyl sites for hydroxylation is 1. The molecule has 0 atom stereocenters. The second kappa shape index (κ2) is 5.59. The maximum Gasteiger partial charge on any atom is 0.129 e. The van der Waals surface area contributed by atoms with Crippen LogP contribution < -0.4 is 9.47 Å². The number of ether oxygens (including phenoxy) is 2. The largest absolute Gasteiger partial charge is 0.497 e. The van der Waals surface area contributed by atoms with Gasteiger partial charge in [0.2, 0.25) is 0 Å². The molecule has 1 aromatic carbocycles. The van der Waals surface area contributed by atoms with E-state index in [9.17, 15) is 0 Å². The Balaban J connectivity index is 2.53. The van der Waals surface area contributed by atoms with E-state index in [1.54, 1.807) is 25.6 Å². The first kappa shape index (κ1) is 13.2. The highest BCUT2D eigenvalue weighted by atomic mass is 35.5. The van der Waals surface area contributed by atoms with E-state index in [2.05, 4.69) is 4.98 Å². The van der Waals surface area contributed by atoms with Crippen LogP contribution in [0.2, 0.25) is 0 Å². The second-order valence-corrected chi connectivity index (χ2v) is 5.08. The molecule has 1 aromatic heterocycles. The van der Waals surface area contributed by atoms with Gasteiger partial charge in [-0.15, -0.1) is 22.9 Å². The van der Waals surface area contributed by atoms with Gasteiger partial charge in [0.15, 0.2) is 0 Å². The summed E-state index contributed by atoms with van der Waals surface area (Å²) < 4.78 is 10.6. The molecule has 18 heavy (non-hydrogen) atoms. The molecule has 0 N–H and O–H groups in total. The number of benzene rings is 1. The van der Waals surface area contributed by atoms with Crippen LogP contribution in [0.1, 0.15) is 10.6 Å². The average Bonchev–Trinajstić information content (AvgIpc) is 2.79. The molecule has 3 nitrogen and oxygen atoms in total. The number of thiazole rings is 1. The Bertz CT molecular complexity index is 554. The van der Waals surface area contributed by atoms with E-state index in [1.807, 2.05) is 25.1 Å². The molecule has 0 aliphatic carbocycles. The van der Waals surface area contributed by atoms with Gasteiger partial charge in [0, 0.05) is 4.88 Å². The molecule has 0 aliphatic heterocycles. The van der Waals surface area contributed by atoms with Crippen LogP contribution in [0.5, 0.6) is 11.5 Å². The summed E-state index contributed by atoms with van der Waals surface area (Å²) in [7, 11) is 3.29. The second-order valence-electron chi connectivity index (χ2n) is 3.73. The molecule has 0 fully saturated rings. The predicted octanol–water partition coefficient (Wildman–Crippen LogP) is 3.87. The van der Waals surface area contributed by atoms with Crippen LogP contribution in [0.25, 0.3) is 10.6 Å². The van der Waals surface area contributed by atoms with Gasteiger partial charge in [-0.2, -0.15) is 0 Å². The van der Waals surface area contributed by atoms with Gasteiger partial charge in [-0.05, 0) is 25.1 Å². The van der Waals surface area contributed by atoms with Gasteiger partial charge in [-0.25, -0.2) is 4.98 Å². The molecule has 0 unspecified atom stereocenters. The zero-order valence-corrected chi connectivity index (χ0v) is 12.1. The first-order chi connectivity index (χ1) is 8.69. The number of hydrogen-bond acceptors (Lipinski definition) is 4. The lowest BCUT2D eigenvalue weighted by Crippen LogP contribution is -1.90. The monoisotopic (exact) mass is 283 g/mol. The lowest BCUT2D eigenvalue weighted by atomic mass is 10.2. The van der Waals surface area contributed by atoms with Gasteiger partial charge in [-0.3, -0.25) is 0 Å². The standard InChI is InChI=1S/C13H14ClNO2S/c1-8-12(7-14)18-13(15-8)10-6-9(16-2)4-5-11(10)17-3/h4-6H,7H2,1-3H3. The molecule has 0 aliphatic rings. The summed E-state index contributed by atoms with van der Waals surface area (Å²) in [5, 5.41) is 0.902. The van der Waals surface area contributed by atoms with Crippen molar-refractivity contribution in [1.82, 2.24) is 4.98 Å². The fourth-order valence-electron chi connectivity index (χ4n) is 1.65. The summed E-state index contributed by atoms with van der Waals surface area (Å²) in [4.78, 5) is 5.61. The first-order valence-corrected chi connectivity index (χ1v) is 6.79. The highest BCUT2D eigenvalue weighted by Crippen LogP contribution is 2.37. The van der Waals surface area contributed by atoms with E-state index >= 15 is 0 Å². The first-order valence-electron chi connectivity index (χ1n) is 5.44. The van der Waals surface area contributed by atoms with Gasteiger partial charge in [0.25, 0.3) is 0 Å². The molecule has 0 saturated carbocycles. The zero-order chi connectivity index (χ0) is 13.1. The highest BCUT2D eigenvalue weighted by molar-refractivity contribution is 7.15. The van der Waals surface area contributed by atoms with E-state index in [-0.39, 0.29) is 0 Å². The molecule has 0 radical (unpaired) electrons. The Hall–Kier alpha value is -1.26. The number of rotatable bonds is 4. The fraction of sp³-hybridized carbons (Fsp3) is 0.308. The summed E-state index contributed by atoms with van der Waals surface area (Å²) >= 11 is 7.46. The summed E-state index contributed by atoms with van der Waals surface area (Å²) in [5.41, 5.74) is 1.90. The normalized spacial score (nSPS) is 10.4. The number of aromatic nitrogens is 1. The van der Waals surface area contributed by atoms with Gasteiger partial charge < -0.3 is 9.47 Å². The molecular weight excluding hydrogens is 270 g/mol. The lowest BCUT2D eigenvalue weighted by Gasteiger charge is -2.08. The fourth-order valence-corrected chi connectivity index (χ4v) is 2.94. The molecule has 5 heteroatoms. The van der Waals surface area contributed by atoms with Crippen LogP contribution in [0.4, 0.5) is 0 Å². The molecule has 0 amide bonds. The summed E-state index contributed by atoms with van der Waals surface area (Å²) in [6.45, 7) is 1.96. The summed E-state index contributed by atoms with van der Waals surface area (Å²) in [6.07, 6.45) is 0. The van der Waals surface area contributed by atoms with Crippen molar-refractivity contribution in [1.29, 1.82) is 0 Å². The third-order valence-electron chi connectivity index (χ3n) is 2.65. The summed E-state index contributed by atoms with van der Waals surface area (Å²) in [5.74, 6) is 2.05. The van der Waals surface area contributed by atoms with Crippen molar-refractivity contribution in [2.45, 2.75) is 12.8 Å². The van der Waals surface area contributed by atoms with E-state index in [0.29, 0.717) is 5.88 Å². The van der Waals surface area contributed by atoms with Gasteiger partial charge >= 0.3 is 0 Å². The minimum absolute atomic E-state index is 0.482. The van der Waals surface area contributed by atoms with Gasteiger partial charge in [0.1, 0.15) is 16.5 Å². The third kappa shape index (κ3) is 2.44. The number of nitrogens with zero attached hydrogens (tertiary/aromatic N) is 1. The maximum atomic E-state index is 5.88. The Morgan fingerprint density at radius 1 is 1.28 bits per heavy atom. The molecule has 96 valence electrons. The molecule has 2 aromatic rings. The number of alkyl halides is 1. The van der Waals surface area contributed by atoms with Crippen LogP contribution in [0.15, 0.2) is 18.2 Å². The predicted molar refractivity (Wildman–Crippen MR) is 74.9 cm³/mol. The molecule has 0 bridgehead atoms.